The molecule has 0 unspecified atom stereocenters. The van der Waals surface area contributed by atoms with Crippen LogP contribution in [0.4, 0.5) is 27.8 Å². The summed E-state index contributed by atoms with van der Waals surface area (Å²) in [5.74, 6) is -8.08. The lowest BCUT2D eigenvalue weighted by atomic mass is 9.99. The zero-order valence-corrected chi connectivity index (χ0v) is 17.3. The summed E-state index contributed by atoms with van der Waals surface area (Å²) < 4.78 is 66.4. The summed E-state index contributed by atoms with van der Waals surface area (Å²) in [6.45, 7) is 0.0683. The fraction of sp³-hybridized carbons (Fsp3) is 0.125. The van der Waals surface area contributed by atoms with E-state index in [9.17, 15) is 31.9 Å². The van der Waals surface area contributed by atoms with Crippen LogP contribution in [0.1, 0.15) is 21.7 Å². The number of alkyl halides is 5. The highest BCUT2D eigenvalue weighted by Crippen LogP contribution is 2.43. The van der Waals surface area contributed by atoms with Crippen molar-refractivity contribution >= 4 is 22.7 Å². The Bertz CT molecular complexity index is 1360. The first-order valence-electron chi connectivity index (χ1n) is 9.95. The van der Waals surface area contributed by atoms with E-state index in [1.54, 1.807) is 48.5 Å². The van der Waals surface area contributed by atoms with Crippen molar-refractivity contribution in [1.29, 1.82) is 0 Å². The third-order valence-electron chi connectivity index (χ3n) is 5.12. The number of aromatic carboxylic acids is 1. The maximum absolute atomic E-state index is 13.9. The molecular weight excluding hydrogens is 457 g/mol. The minimum Gasteiger partial charge on any atom is -0.478 e. The monoisotopic (exact) mass is 473 g/mol. The third kappa shape index (κ3) is 4.39. The van der Waals surface area contributed by atoms with Crippen LogP contribution in [0, 0.1) is 0 Å². The molecule has 3 aromatic carbocycles. The number of hydrogen-bond donors (Lipinski definition) is 2. The summed E-state index contributed by atoms with van der Waals surface area (Å²) in [7, 11) is 0. The van der Waals surface area contributed by atoms with Gasteiger partial charge in [0.15, 0.2) is 0 Å². The smallest absolute Gasteiger partial charge is 0.461 e. The van der Waals surface area contributed by atoms with Gasteiger partial charge in [0.25, 0.3) is 0 Å². The molecule has 0 aliphatic rings. The van der Waals surface area contributed by atoms with Gasteiger partial charge in [-0.25, -0.2) is 14.8 Å². The summed E-state index contributed by atoms with van der Waals surface area (Å²) in [5.41, 5.74) is 1.93. The van der Waals surface area contributed by atoms with E-state index in [-0.39, 0.29) is 28.8 Å². The van der Waals surface area contributed by atoms with Crippen LogP contribution in [0.5, 0.6) is 0 Å². The van der Waals surface area contributed by atoms with E-state index in [1.165, 1.54) is 24.3 Å². The van der Waals surface area contributed by atoms with Gasteiger partial charge in [-0.1, -0.05) is 54.6 Å². The minimum absolute atomic E-state index is 0.0560. The molecule has 1 heterocycles. The number of carboxylic acid groups (broad SMARTS) is 1. The first-order valence-corrected chi connectivity index (χ1v) is 9.95. The zero-order chi connectivity index (χ0) is 24.5. The number of para-hydroxylation sites is 1. The molecule has 0 amide bonds. The molecule has 2 N–H and O–H groups in total. The van der Waals surface area contributed by atoms with Crippen molar-refractivity contribution in [1.82, 2.24) is 9.97 Å². The molecule has 0 bridgehead atoms. The fourth-order valence-electron chi connectivity index (χ4n) is 3.39. The lowest BCUT2D eigenvalue weighted by molar-refractivity contribution is -0.292. The van der Waals surface area contributed by atoms with Gasteiger partial charge in [0.05, 0.1) is 11.1 Å². The van der Waals surface area contributed by atoms with Crippen LogP contribution >= 0.6 is 0 Å². The van der Waals surface area contributed by atoms with Gasteiger partial charge >= 0.3 is 18.1 Å². The predicted molar refractivity (Wildman–Crippen MR) is 116 cm³/mol. The molecule has 34 heavy (non-hydrogen) atoms. The van der Waals surface area contributed by atoms with Gasteiger partial charge in [-0.15, -0.1) is 0 Å². The van der Waals surface area contributed by atoms with Crippen LogP contribution in [0.25, 0.3) is 22.0 Å². The van der Waals surface area contributed by atoms with Gasteiger partial charge in [-0.3, -0.25) is 0 Å². The van der Waals surface area contributed by atoms with Gasteiger partial charge in [0.2, 0.25) is 5.82 Å². The molecule has 10 heteroatoms. The second-order valence-electron chi connectivity index (χ2n) is 7.39. The molecule has 0 aliphatic carbocycles. The molecule has 1 aromatic heterocycles. The molecule has 4 rings (SSSR count). The molecular formula is C24H16F5N3O2. The summed E-state index contributed by atoms with van der Waals surface area (Å²) in [4.78, 5) is 18.4. The molecule has 0 radical (unpaired) electrons. The van der Waals surface area contributed by atoms with Crippen molar-refractivity contribution in [3.05, 3.63) is 89.7 Å². The van der Waals surface area contributed by atoms with Crippen molar-refractivity contribution < 1.29 is 31.9 Å². The fourth-order valence-corrected chi connectivity index (χ4v) is 3.39. The Morgan fingerprint density at radius 1 is 0.853 bits per heavy atom. The van der Waals surface area contributed by atoms with E-state index in [1.807, 2.05) is 0 Å². The summed E-state index contributed by atoms with van der Waals surface area (Å²) >= 11 is 0. The van der Waals surface area contributed by atoms with E-state index < -0.39 is 23.9 Å². The number of nitrogens with zero attached hydrogens (tertiary/aromatic N) is 2. The second kappa shape index (κ2) is 8.69. The van der Waals surface area contributed by atoms with Gasteiger partial charge in [0, 0.05) is 11.9 Å². The number of rotatable bonds is 6. The van der Waals surface area contributed by atoms with Crippen LogP contribution < -0.4 is 5.32 Å². The highest BCUT2D eigenvalue weighted by atomic mass is 19.4. The summed E-state index contributed by atoms with van der Waals surface area (Å²) in [5, 5.41) is 12.5. The maximum atomic E-state index is 13.9. The molecule has 0 saturated heterocycles. The quantitative estimate of drug-likeness (QED) is 0.323. The van der Waals surface area contributed by atoms with Crippen LogP contribution in [0.3, 0.4) is 0 Å². The molecule has 0 spiro atoms. The first kappa shape index (κ1) is 23.1. The molecule has 5 nitrogen and oxygen atoms in total. The number of halogens is 5. The Hall–Kier alpha value is -4.08. The van der Waals surface area contributed by atoms with Gasteiger partial charge in [-0.2, -0.15) is 22.0 Å². The molecule has 174 valence electrons. The van der Waals surface area contributed by atoms with Gasteiger partial charge < -0.3 is 10.4 Å². The van der Waals surface area contributed by atoms with Crippen LogP contribution in [-0.4, -0.2) is 27.2 Å². The van der Waals surface area contributed by atoms with Crippen molar-refractivity contribution in [3.63, 3.8) is 0 Å². The number of carbonyl (C=O) groups is 1. The Kier molecular flexibility index (Phi) is 5.90. The topological polar surface area (TPSA) is 75.1 Å². The van der Waals surface area contributed by atoms with Crippen molar-refractivity contribution in [2.24, 2.45) is 0 Å². The normalized spacial score (nSPS) is 12.0. The Morgan fingerprint density at radius 2 is 1.50 bits per heavy atom. The number of hydrogen-bond acceptors (Lipinski definition) is 4. The van der Waals surface area contributed by atoms with Crippen LogP contribution in [0.15, 0.2) is 72.8 Å². The van der Waals surface area contributed by atoms with Crippen LogP contribution in [-0.2, 0) is 12.5 Å². The lowest BCUT2D eigenvalue weighted by Crippen LogP contribution is -2.35. The highest BCUT2D eigenvalue weighted by molar-refractivity contribution is 5.96. The molecule has 4 aromatic rings. The Labute approximate surface area is 189 Å². The predicted octanol–water partition coefficient (Wildman–Crippen LogP) is 6.26. The van der Waals surface area contributed by atoms with Crippen molar-refractivity contribution in [2.45, 2.75) is 18.6 Å². The van der Waals surface area contributed by atoms with Gasteiger partial charge in [0.1, 0.15) is 5.82 Å². The van der Waals surface area contributed by atoms with E-state index >= 15 is 0 Å². The largest absolute Gasteiger partial charge is 0.478 e. The number of carboxylic acids is 1. The molecule has 0 atom stereocenters. The summed E-state index contributed by atoms with van der Waals surface area (Å²) in [6.07, 6.45) is -5.84. The maximum Gasteiger partial charge on any atom is 0.461 e. The standard InChI is InChI=1S/C24H16F5N3O2/c25-23(26,24(27,28)29)22-31-19-8-4-3-7-18(19)20(32-22)30-13-14-9-11-15(12-10-14)16-5-1-2-6-17(16)21(33)34/h1-12H,13H2,(H,33,34)(H,30,31,32). The number of nitrogens with one attached hydrogen (secondary N) is 1. The average molecular weight is 473 g/mol. The number of anilines is 1. The van der Waals surface area contributed by atoms with E-state index in [0.717, 1.165) is 0 Å². The highest BCUT2D eigenvalue weighted by Gasteiger charge is 2.61. The zero-order valence-electron chi connectivity index (χ0n) is 17.3. The SMILES string of the molecule is O=C(O)c1ccccc1-c1ccc(CNc2nc(C(F)(F)C(F)(F)F)nc3ccccc23)cc1. The lowest BCUT2D eigenvalue weighted by Gasteiger charge is -2.19. The molecule has 0 saturated carbocycles. The van der Waals surface area contributed by atoms with Gasteiger partial charge in [-0.05, 0) is 34.9 Å². The van der Waals surface area contributed by atoms with E-state index in [0.29, 0.717) is 16.7 Å². The number of fused-ring (bicyclic) bond motifs is 1. The van der Waals surface area contributed by atoms with E-state index in [4.69, 9.17) is 0 Å². The third-order valence-corrected chi connectivity index (χ3v) is 5.12. The van der Waals surface area contributed by atoms with Crippen molar-refractivity contribution in [2.75, 3.05) is 5.32 Å². The molecule has 0 fully saturated rings. The molecule has 0 aliphatic heterocycles. The second-order valence-corrected chi connectivity index (χ2v) is 7.39. The Balaban J connectivity index is 1.62. The number of benzene rings is 3. The first-order chi connectivity index (χ1) is 16.1. The minimum atomic E-state index is -5.84. The number of aromatic nitrogens is 2. The van der Waals surface area contributed by atoms with E-state index in [2.05, 4.69) is 15.3 Å². The van der Waals surface area contributed by atoms with Crippen molar-refractivity contribution in [3.8, 4) is 11.1 Å². The summed E-state index contributed by atoms with van der Waals surface area (Å²) in [6, 6.07) is 19.2. The van der Waals surface area contributed by atoms with Crippen LogP contribution in [0.2, 0.25) is 0 Å². The Morgan fingerprint density at radius 3 is 2.18 bits per heavy atom. The average Bonchev–Trinajstić information content (AvgIpc) is 2.82.